The number of carbonyl (C=O) groups excluding carboxylic acids is 1. The van der Waals surface area contributed by atoms with Crippen molar-refractivity contribution >= 4 is 40.3 Å². The van der Waals surface area contributed by atoms with E-state index >= 15 is 0 Å². The quantitative estimate of drug-likeness (QED) is 0.379. The Morgan fingerprint density at radius 3 is 3.12 bits per heavy atom. The molecule has 3 rings (SSSR count). The van der Waals surface area contributed by atoms with Crippen LogP contribution in [-0.4, -0.2) is 33.3 Å². The maximum absolute atomic E-state index is 11.4. The van der Waals surface area contributed by atoms with Crippen LogP contribution in [0.3, 0.4) is 0 Å². The van der Waals surface area contributed by atoms with Crippen molar-refractivity contribution in [3.63, 3.8) is 0 Å². The highest BCUT2D eigenvalue weighted by Crippen LogP contribution is 2.20. The highest BCUT2D eigenvalue weighted by Gasteiger charge is 2.08. The number of carbonyl (C=O) groups is 1. The van der Waals surface area contributed by atoms with Crippen molar-refractivity contribution in [1.82, 2.24) is 14.5 Å². The lowest BCUT2D eigenvalue weighted by Crippen LogP contribution is -2.07. The predicted octanol–water partition coefficient (Wildman–Crippen LogP) is 3.53. The number of ether oxygens (including phenoxy) is 1. The van der Waals surface area contributed by atoms with Gasteiger partial charge in [-0.05, 0) is 25.1 Å². The molecule has 7 nitrogen and oxygen atoms in total. The number of nitrogens with one attached hydrogen (secondary N) is 1. The molecule has 2 aromatic heterocycles. The first-order chi connectivity index (χ1) is 12.7. The molecule has 26 heavy (non-hydrogen) atoms. The van der Waals surface area contributed by atoms with Crippen LogP contribution in [0, 0.1) is 0 Å². The molecule has 0 amide bonds. The lowest BCUT2D eigenvalue weighted by molar-refractivity contribution is -0.142. The Morgan fingerprint density at radius 2 is 2.38 bits per heavy atom. The number of hydrogen-bond acceptors (Lipinski definition) is 7. The van der Waals surface area contributed by atoms with Gasteiger partial charge in [-0.15, -0.1) is 11.3 Å². The third-order valence-electron chi connectivity index (χ3n) is 3.33. The molecule has 0 bridgehead atoms. The van der Waals surface area contributed by atoms with E-state index in [-0.39, 0.29) is 12.4 Å². The number of thiazole rings is 1. The molecule has 3 aromatic rings. The van der Waals surface area contributed by atoms with Gasteiger partial charge in [-0.2, -0.15) is 5.10 Å². The fourth-order valence-corrected chi connectivity index (χ4v) is 3.03. The molecule has 0 aliphatic heterocycles. The third kappa shape index (κ3) is 4.68. The maximum atomic E-state index is 11.4. The summed E-state index contributed by atoms with van der Waals surface area (Å²) in [6.07, 6.45) is 7.02. The van der Waals surface area contributed by atoms with Crippen LogP contribution >= 0.6 is 22.9 Å². The van der Waals surface area contributed by atoms with E-state index < -0.39 is 0 Å². The zero-order chi connectivity index (χ0) is 18.4. The fraction of sp³-hybridized carbons (Fsp3) is 0.176. The molecule has 0 atom stereocenters. The zero-order valence-corrected chi connectivity index (χ0v) is 15.5. The van der Waals surface area contributed by atoms with Gasteiger partial charge < -0.3 is 9.30 Å². The van der Waals surface area contributed by atoms with Gasteiger partial charge in [0, 0.05) is 29.0 Å². The molecular formula is C17H16ClN5O2S. The van der Waals surface area contributed by atoms with E-state index in [2.05, 4.69) is 20.5 Å². The number of nitrogens with zero attached hydrogens (tertiary/aromatic N) is 4. The Kier molecular flexibility index (Phi) is 5.98. The molecule has 0 aliphatic rings. The number of hydrazone groups is 1. The number of benzene rings is 1. The highest BCUT2D eigenvalue weighted by molar-refractivity contribution is 7.13. The van der Waals surface area contributed by atoms with Gasteiger partial charge in [0.05, 0.1) is 36.3 Å². The molecule has 0 aliphatic carbocycles. The molecule has 1 aromatic carbocycles. The van der Waals surface area contributed by atoms with Gasteiger partial charge in [0.15, 0.2) is 0 Å². The summed E-state index contributed by atoms with van der Waals surface area (Å²) in [4.78, 5) is 19.7. The minimum atomic E-state index is -0.294. The summed E-state index contributed by atoms with van der Waals surface area (Å²) >= 11 is 7.66. The van der Waals surface area contributed by atoms with Crippen molar-refractivity contribution < 1.29 is 9.53 Å². The van der Waals surface area contributed by atoms with E-state index in [1.807, 2.05) is 29.0 Å². The van der Waals surface area contributed by atoms with Gasteiger partial charge in [-0.1, -0.05) is 11.6 Å². The molecule has 0 radical (unpaired) electrons. The molecule has 134 valence electrons. The Bertz CT molecular complexity index is 908. The second-order valence-corrected chi connectivity index (χ2v) is 6.44. The average molecular weight is 390 g/mol. The second-order valence-electron chi connectivity index (χ2n) is 5.17. The van der Waals surface area contributed by atoms with Crippen molar-refractivity contribution in [2.24, 2.45) is 5.10 Å². The number of aromatic nitrogens is 3. The number of rotatable bonds is 7. The van der Waals surface area contributed by atoms with Crippen LogP contribution in [0.2, 0.25) is 5.02 Å². The minimum absolute atomic E-state index is 0.150. The smallest absolute Gasteiger partial charge is 0.311 e. The average Bonchev–Trinajstić information content (AvgIpc) is 3.28. The van der Waals surface area contributed by atoms with Crippen LogP contribution < -0.4 is 5.43 Å². The molecular weight excluding hydrogens is 374 g/mol. The van der Waals surface area contributed by atoms with Crippen molar-refractivity contribution in [1.29, 1.82) is 0 Å². The van der Waals surface area contributed by atoms with Gasteiger partial charge in [0.2, 0.25) is 5.13 Å². The van der Waals surface area contributed by atoms with Crippen molar-refractivity contribution in [2.45, 2.75) is 13.3 Å². The van der Waals surface area contributed by atoms with Crippen LogP contribution in [0.5, 0.6) is 0 Å². The van der Waals surface area contributed by atoms with Crippen LogP contribution in [0.15, 0.2) is 47.4 Å². The van der Waals surface area contributed by atoms with Gasteiger partial charge >= 0.3 is 5.97 Å². The first-order valence-electron chi connectivity index (χ1n) is 7.82. The molecule has 9 heteroatoms. The number of anilines is 1. The van der Waals surface area contributed by atoms with Crippen LogP contribution in [0.4, 0.5) is 5.13 Å². The topological polar surface area (TPSA) is 81.4 Å². The third-order valence-corrected chi connectivity index (χ3v) is 4.46. The fourth-order valence-electron chi connectivity index (χ4n) is 2.15. The summed E-state index contributed by atoms with van der Waals surface area (Å²) < 4.78 is 6.77. The summed E-state index contributed by atoms with van der Waals surface area (Å²) in [5, 5.41) is 7.10. The van der Waals surface area contributed by atoms with E-state index in [1.165, 1.54) is 11.3 Å². The van der Waals surface area contributed by atoms with Crippen molar-refractivity contribution in [2.75, 3.05) is 12.0 Å². The van der Waals surface area contributed by atoms with Crippen molar-refractivity contribution in [3.8, 4) is 5.69 Å². The monoisotopic (exact) mass is 389 g/mol. The Morgan fingerprint density at radius 1 is 1.50 bits per heavy atom. The summed E-state index contributed by atoms with van der Waals surface area (Å²) in [6, 6.07) is 5.64. The molecule has 0 saturated carbocycles. The number of halogens is 1. The molecule has 2 heterocycles. The lowest BCUT2D eigenvalue weighted by Gasteiger charge is -2.04. The van der Waals surface area contributed by atoms with E-state index in [1.54, 1.807) is 31.0 Å². The number of hydrogen-bond donors (Lipinski definition) is 1. The SMILES string of the molecule is CCOC(=O)Cc1csc(NN=Cc2ccc(-n3ccnc3)cc2Cl)n1. The molecule has 0 unspecified atom stereocenters. The minimum Gasteiger partial charge on any atom is -0.466 e. The van der Waals surface area contributed by atoms with E-state index in [9.17, 15) is 4.79 Å². The van der Waals surface area contributed by atoms with Gasteiger partial charge in [-0.25, -0.2) is 9.97 Å². The molecule has 0 saturated heterocycles. The summed E-state index contributed by atoms with van der Waals surface area (Å²) in [5.41, 5.74) is 5.17. The van der Waals surface area contributed by atoms with E-state index in [4.69, 9.17) is 16.3 Å². The van der Waals surface area contributed by atoms with Gasteiger partial charge in [0.25, 0.3) is 0 Å². The lowest BCUT2D eigenvalue weighted by atomic mass is 10.2. The molecule has 0 fully saturated rings. The maximum Gasteiger partial charge on any atom is 0.311 e. The Balaban J connectivity index is 1.60. The molecule has 1 N–H and O–H groups in total. The summed E-state index contributed by atoms with van der Waals surface area (Å²) in [7, 11) is 0. The van der Waals surface area contributed by atoms with Crippen LogP contribution in [0.1, 0.15) is 18.2 Å². The number of esters is 1. The normalized spacial score (nSPS) is 11.0. The molecule has 0 spiro atoms. The van der Waals surface area contributed by atoms with E-state index in [0.717, 1.165) is 11.3 Å². The Labute approximate surface area is 159 Å². The first kappa shape index (κ1) is 18.1. The van der Waals surface area contributed by atoms with Crippen LogP contribution in [-0.2, 0) is 16.0 Å². The summed E-state index contributed by atoms with van der Waals surface area (Å²) in [5.74, 6) is -0.294. The highest BCUT2D eigenvalue weighted by atomic mass is 35.5. The summed E-state index contributed by atoms with van der Waals surface area (Å²) in [6.45, 7) is 2.13. The van der Waals surface area contributed by atoms with E-state index in [0.29, 0.717) is 22.5 Å². The van der Waals surface area contributed by atoms with Gasteiger partial charge in [0.1, 0.15) is 0 Å². The van der Waals surface area contributed by atoms with Crippen molar-refractivity contribution in [3.05, 3.63) is 58.6 Å². The first-order valence-corrected chi connectivity index (χ1v) is 9.08. The zero-order valence-electron chi connectivity index (χ0n) is 13.9. The number of imidazole rings is 1. The largest absolute Gasteiger partial charge is 0.466 e. The standard InChI is InChI=1S/C17H16ClN5O2S/c1-2-25-16(24)7-13-10-26-17(21-13)22-20-9-12-3-4-14(8-15(12)18)23-6-5-19-11-23/h3-6,8-11H,2,7H2,1H3,(H,21,22). The van der Waals surface area contributed by atoms with Crippen LogP contribution in [0.25, 0.3) is 5.69 Å². The second kappa shape index (κ2) is 8.59. The predicted molar refractivity (Wildman–Crippen MR) is 102 cm³/mol. The van der Waals surface area contributed by atoms with Gasteiger partial charge in [-0.3, -0.25) is 10.2 Å². The Hall–Kier alpha value is -2.71.